The molecule has 0 aliphatic heterocycles. The Kier molecular flexibility index (Phi) is 35.8. The van der Waals surface area contributed by atoms with E-state index in [-0.39, 0.29) is 38.6 Å². The van der Waals surface area contributed by atoms with Crippen molar-refractivity contribution in [3.8, 4) is 0 Å². The standard InChI is InChI=1S/3C4H9O2.Tb/c3*1-3-4(5)6-2;/h3*4H,3H2,1-2H3;/q3*-1;+3. The summed E-state index contributed by atoms with van der Waals surface area (Å²) in [5.41, 5.74) is 0. The van der Waals surface area contributed by atoms with Crippen molar-refractivity contribution in [1.82, 2.24) is 0 Å². The minimum Gasteiger partial charge on any atom is -0.831 e. The first-order chi connectivity index (χ1) is 8.42. The molecule has 3 atom stereocenters. The van der Waals surface area contributed by atoms with E-state index in [2.05, 4.69) is 14.2 Å². The molecule has 0 aromatic carbocycles. The van der Waals surface area contributed by atoms with Crippen LogP contribution in [0.5, 0.6) is 0 Å². The van der Waals surface area contributed by atoms with Gasteiger partial charge in [0.25, 0.3) is 0 Å². The molecule has 0 radical (unpaired) electrons. The first-order valence-electron chi connectivity index (χ1n) is 5.99. The summed E-state index contributed by atoms with van der Waals surface area (Å²) in [4.78, 5) is 0. The molecule has 120 valence electrons. The van der Waals surface area contributed by atoms with Gasteiger partial charge in [0.2, 0.25) is 0 Å². The van der Waals surface area contributed by atoms with Crippen molar-refractivity contribution in [3.05, 3.63) is 0 Å². The Morgan fingerprint density at radius 3 is 0.789 bits per heavy atom. The Balaban J connectivity index is -0.0000000865. The SMILES string of the molecule is CCC([O-])OC.CCC([O-])OC.CCC([O-])OC.[Tb+3]. The van der Waals surface area contributed by atoms with Gasteiger partial charge in [-0.25, -0.2) is 0 Å². The van der Waals surface area contributed by atoms with Gasteiger partial charge in [-0.3, -0.25) is 0 Å². The molecule has 6 nitrogen and oxygen atoms in total. The molecule has 3 unspecified atom stereocenters. The van der Waals surface area contributed by atoms with Crippen LogP contribution < -0.4 is 15.3 Å². The molecule has 0 aromatic heterocycles. The summed E-state index contributed by atoms with van der Waals surface area (Å²) in [6.45, 7) is 5.38. The number of hydrogen-bond acceptors (Lipinski definition) is 6. The van der Waals surface area contributed by atoms with Crippen molar-refractivity contribution in [2.45, 2.75) is 58.9 Å². The molecular formula is C12H27O6Tb. The summed E-state index contributed by atoms with van der Waals surface area (Å²) in [6, 6.07) is 0. The van der Waals surface area contributed by atoms with Crippen LogP contribution in [-0.2, 0) is 14.2 Å². The van der Waals surface area contributed by atoms with E-state index in [0.717, 1.165) is 0 Å². The predicted octanol–water partition coefficient (Wildman–Crippen LogP) is -0.812. The smallest absolute Gasteiger partial charge is 0.831 e. The van der Waals surface area contributed by atoms with E-state index in [0.29, 0.717) is 19.3 Å². The van der Waals surface area contributed by atoms with Gasteiger partial charge < -0.3 is 29.5 Å². The molecule has 0 rings (SSSR count). The monoisotopic (exact) mass is 426 g/mol. The maximum absolute atomic E-state index is 10.0. The van der Waals surface area contributed by atoms with Crippen LogP contribution in [0.1, 0.15) is 40.0 Å². The Bertz CT molecular complexity index is 104. The zero-order valence-corrected chi connectivity index (χ0v) is 14.8. The fraction of sp³-hybridized carbons (Fsp3) is 1.00. The van der Waals surface area contributed by atoms with Crippen LogP contribution >= 0.6 is 0 Å². The van der Waals surface area contributed by atoms with Crippen LogP contribution in [0.3, 0.4) is 0 Å². The Morgan fingerprint density at radius 2 is 0.789 bits per heavy atom. The first-order valence-corrected chi connectivity index (χ1v) is 5.99. The van der Waals surface area contributed by atoms with Gasteiger partial charge in [-0.2, -0.15) is 0 Å². The summed E-state index contributed by atoms with van der Waals surface area (Å²) < 4.78 is 13.0. The van der Waals surface area contributed by atoms with E-state index in [1.165, 1.54) is 21.3 Å². The topological polar surface area (TPSA) is 96.9 Å². The Labute approximate surface area is 147 Å². The van der Waals surface area contributed by atoms with E-state index < -0.39 is 18.9 Å². The summed E-state index contributed by atoms with van der Waals surface area (Å²) in [5.74, 6) is 0. The maximum Gasteiger partial charge on any atom is 3.00 e. The largest absolute Gasteiger partial charge is 3.00 e. The average molecular weight is 426 g/mol. The summed E-state index contributed by atoms with van der Waals surface area (Å²) >= 11 is 0. The summed E-state index contributed by atoms with van der Waals surface area (Å²) in [6.07, 6.45) is -0.788. The third kappa shape index (κ3) is 32.5. The first kappa shape index (κ1) is 28.2. The van der Waals surface area contributed by atoms with Crippen molar-refractivity contribution in [2.75, 3.05) is 21.3 Å². The van der Waals surface area contributed by atoms with E-state index in [9.17, 15) is 15.3 Å². The molecule has 0 bridgehead atoms. The van der Waals surface area contributed by atoms with Crippen molar-refractivity contribution < 1.29 is 68.1 Å². The van der Waals surface area contributed by atoms with Gasteiger partial charge in [0.1, 0.15) is 0 Å². The average Bonchev–Trinajstić information content (AvgIpc) is 2.45. The zero-order valence-electron chi connectivity index (χ0n) is 12.6. The van der Waals surface area contributed by atoms with Gasteiger partial charge in [-0.15, -0.1) is 0 Å². The van der Waals surface area contributed by atoms with Crippen molar-refractivity contribution in [3.63, 3.8) is 0 Å². The minimum absolute atomic E-state index is 0. The molecule has 7 heteroatoms. The van der Waals surface area contributed by atoms with Crippen LogP contribution in [0.25, 0.3) is 0 Å². The van der Waals surface area contributed by atoms with E-state index in [1.807, 2.05) is 0 Å². The van der Waals surface area contributed by atoms with Crippen LogP contribution in [-0.4, -0.2) is 40.2 Å². The van der Waals surface area contributed by atoms with Gasteiger partial charge in [-0.05, 0) is 38.1 Å². The molecule has 0 aliphatic rings. The Morgan fingerprint density at radius 1 is 0.632 bits per heavy atom. The van der Waals surface area contributed by atoms with Crippen LogP contribution in [0, 0.1) is 38.6 Å². The molecule has 0 amide bonds. The van der Waals surface area contributed by atoms with Gasteiger partial charge in [-0.1, -0.05) is 20.8 Å². The number of ether oxygens (including phenoxy) is 3. The maximum atomic E-state index is 10.0. The molecule has 0 saturated carbocycles. The second-order valence-electron chi connectivity index (χ2n) is 3.22. The molecular weight excluding hydrogens is 399 g/mol. The number of methoxy groups -OCH3 is 3. The quantitative estimate of drug-likeness (QED) is 0.516. The van der Waals surface area contributed by atoms with Gasteiger partial charge >= 0.3 is 38.6 Å². The van der Waals surface area contributed by atoms with Gasteiger partial charge in [0, 0.05) is 21.3 Å². The predicted molar refractivity (Wildman–Crippen MR) is 63.3 cm³/mol. The second-order valence-corrected chi connectivity index (χ2v) is 3.22. The zero-order chi connectivity index (χ0) is 15.0. The van der Waals surface area contributed by atoms with Gasteiger partial charge in [0.05, 0.1) is 0 Å². The number of hydrogen-bond donors (Lipinski definition) is 0. The molecule has 0 saturated heterocycles. The molecule has 0 N–H and O–H groups in total. The fourth-order valence-electron chi connectivity index (χ4n) is 0.500. The van der Waals surface area contributed by atoms with E-state index in [1.54, 1.807) is 20.8 Å². The molecule has 0 aliphatic carbocycles. The molecule has 0 fully saturated rings. The molecule has 19 heavy (non-hydrogen) atoms. The second kappa shape index (κ2) is 24.1. The fourth-order valence-corrected chi connectivity index (χ4v) is 0.500. The van der Waals surface area contributed by atoms with Crippen molar-refractivity contribution in [2.24, 2.45) is 0 Å². The number of rotatable bonds is 6. The van der Waals surface area contributed by atoms with Gasteiger partial charge in [0.15, 0.2) is 0 Å². The van der Waals surface area contributed by atoms with E-state index in [4.69, 9.17) is 0 Å². The molecule has 0 aromatic rings. The Hall–Kier alpha value is 1.05. The summed E-state index contributed by atoms with van der Waals surface area (Å²) in [7, 11) is 4.25. The molecule has 0 heterocycles. The third-order valence-corrected chi connectivity index (χ3v) is 1.79. The van der Waals surface area contributed by atoms with E-state index >= 15 is 0 Å². The van der Waals surface area contributed by atoms with Crippen LogP contribution in [0.4, 0.5) is 0 Å². The van der Waals surface area contributed by atoms with Crippen molar-refractivity contribution >= 4 is 0 Å². The third-order valence-electron chi connectivity index (χ3n) is 1.79. The minimum atomic E-state index is -0.815. The molecule has 0 spiro atoms. The normalized spacial score (nSPS) is 13.7. The van der Waals surface area contributed by atoms with Crippen molar-refractivity contribution in [1.29, 1.82) is 0 Å². The van der Waals surface area contributed by atoms with Crippen LogP contribution in [0.2, 0.25) is 0 Å². The van der Waals surface area contributed by atoms with Crippen LogP contribution in [0.15, 0.2) is 0 Å². The summed E-state index contributed by atoms with van der Waals surface area (Å²) in [5, 5.41) is 30.1.